The molecule has 0 amide bonds. The fourth-order valence-electron chi connectivity index (χ4n) is 1.15. The standard InChI is InChI=1S/C11H17NO2/c1-4-13-10(3)14-11-7-5-6-9(2)12-8-11/h5,7-8,10H,4,6H2,1-3H3. The molecule has 0 bridgehead atoms. The molecule has 14 heavy (non-hydrogen) atoms. The van der Waals surface area contributed by atoms with Crippen molar-refractivity contribution < 1.29 is 9.47 Å². The van der Waals surface area contributed by atoms with Crippen LogP contribution in [0.4, 0.5) is 0 Å². The summed E-state index contributed by atoms with van der Waals surface area (Å²) in [4.78, 5) is 4.23. The average Bonchev–Trinajstić information content (AvgIpc) is 2.32. The molecule has 3 nitrogen and oxygen atoms in total. The number of rotatable bonds is 4. The topological polar surface area (TPSA) is 30.8 Å². The van der Waals surface area contributed by atoms with Crippen molar-refractivity contribution in [2.45, 2.75) is 33.5 Å². The van der Waals surface area contributed by atoms with Crippen molar-refractivity contribution in [2.75, 3.05) is 6.61 Å². The number of nitrogens with zero attached hydrogens (tertiary/aromatic N) is 1. The van der Waals surface area contributed by atoms with Crippen LogP contribution >= 0.6 is 0 Å². The summed E-state index contributed by atoms with van der Waals surface area (Å²) in [5.41, 5.74) is 1.09. The van der Waals surface area contributed by atoms with Crippen LogP contribution in [0.2, 0.25) is 0 Å². The van der Waals surface area contributed by atoms with Crippen molar-refractivity contribution in [3.05, 3.63) is 24.1 Å². The third kappa shape index (κ3) is 3.75. The Morgan fingerprint density at radius 2 is 2.36 bits per heavy atom. The largest absolute Gasteiger partial charge is 0.464 e. The molecule has 1 heterocycles. The summed E-state index contributed by atoms with van der Waals surface area (Å²) in [7, 11) is 0. The number of hydrogen-bond donors (Lipinski definition) is 0. The van der Waals surface area contributed by atoms with E-state index in [0.29, 0.717) is 6.61 Å². The zero-order chi connectivity index (χ0) is 10.4. The van der Waals surface area contributed by atoms with Gasteiger partial charge in [0.25, 0.3) is 0 Å². The molecule has 0 aromatic rings. The van der Waals surface area contributed by atoms with Gasteiger partial charge in [-0.15, -0.1) is 0 Å². The molecule has 0 fully saturated rings. The van der Waals surface area contributed by atoms with E-state index in [4.69, 9.17) is 9.47 Å². The highest BCUT2D eigenvalue weighted by Crippen LogP contribution is 2.10. The Balaban J connectivity index is 2.51. The van der Waals surface area contributed by atoms with Gasteiger partial charge in [0.1, 0.15) is 5.76 Å². The average molecular weight is 195 g/mol. The van der Waals surface area contributed by atoms with Gasteiger partial charge < -0.3 is 9.47 Å². The minimum atomic E-state index is -0.218. The first-order valence-corrected chi connectivity index (χ1v) is 4.90. The molecule has 0 saturated heterocycles. The van der Waals surface area contributed by atoms with Crippen LogP contribution in [0.15, 0.2) is 29.1 Å². The van der Waals surface area contributed by atoms with Crippen LogP contribution in [0.5, 0.6) is 0 Å². The van der Waals surface area contributed by atoms with Crippen molar-refractivity contribution in [1.29, 1.82) is 0 Å². The molecular formula is C11H17NO2. The van der Waals surface area contributed by atoms with E-state index >= 15 is 0 Å². The first kappa shape index (κ1) is 11.0. The molecule has 1 atom stereocenters. The van der Waals surface area contributed by atoms with Gasteiger partial charge >= 0.3 is 0 Å². The lowest BCUT2D eigenvalue weighted by atomic mass is 10.3. The van der Waals surface area contributed by atoms with Crippen molar-refractivity contribution >= 4 is 5.71 Å². The fourth-order valence-corrected chi connectivity index (χ4v) is 1.15. The van der Waals surface area contributed by atoms with Gasteiger partial charge in [-0.1, -0.05) is 6.08 Å². The number of hydrogen-bond acceptors (Lipinski definition) is 3. The Labute approximate surface area is 85.1 Å². The van der Waals surface area contributed by atoms with Crippen LogP contribution in [-0.2, 0) is 9.47 Å². The summed E-state index contributed by atoms with van der Waals surface area (Å²) in [5.74, 6) is 0.753. The van der Waals surface area contributed by atoms with Crippen molar-refractivity contribution in [3.8, 4) is 0 Å². The first-order chi connectivity index (χ1) is 6.72. The molecule has 0 aliphatic carbocycles. The van der Waals surface area contributed by atoms with Crippen LogP contribution in [0, 0.1) is 0 Å². The van der Waals surface area contributed by atoms with E-state index < -0.39 is 0 Å². The van der Waals surface area contributed by atoms with Gasteiger partial charge in [0.15, 0.2) is 6.29 Å². The van der Waals surface area contributed by atoms with E-state index in [9.17, 15) is 0 Å². The van der Waals surface area contributed by atoms with E-state index in [1.165, 1.54) is 0 Å². The molecule has 1 aliphatic rings. The molecular weight excluding hydrogens is 178 g/mol. The Kier molecular flexibility index (Phi) is 4.40. The molecule has 0 aromatic heterocycles. The molecule has 1 rings (SSSR count). The third-order valence-electron chi connectivity index (χ3n) is 1.81. The van der Waals surface area contributed by atoms with Gasteiger partial charge in [-0.2, -0.15) is 0 Å². The SMILES string of the molecule is CCOC(C)OC1=CN=C(C)CC=C1. The van der Waals surface area contributed by atoms with E-state index in [0.717, 1.165) is 17.9 Å². The van der Waals surface area contributed by atoms with Gasteiger partial charge in [0.05, 0.1) is 6.20 Å². The summed E-state index contributed by atoms with van der Waals surface area (Å²) in [5, 5.41) is 0. The second kappa shape index (κ2) is 5.60. The lowest BCUT2D eigenvalue weighted by molar-refractivity contribution is -0.0957. The van der Waals surface area contributed by atoms with E-state index in [1.807, 2.05) is 32.9 Å². The molecule has 0 aromatic carbocycles. The monoisotopic (exact) mass is 195 g/mol. The predicted octanol–water partition coefficient (Wildman–Crippen LogP) is 2.65. The first-order valence-electron chi connectivity index (χ1n) is 4.90. The molecule has 0 saturated carbocycles. The highest BCUT2D eigenvalue weighted by atomic mass is 16.7. The molecule has 0 N–H and O–H groups in total. The molecule has 1 aliphatic heterocycles. The van der Waals surface area contributed by atoms with Crippen LogP contribution < -0.4 is 0 Å². The van der Waals surface area contributed by atoms with Gasteiger partial charge in [0.2, 0.25) is 0 Å². The zero-order valence-corrected chi connectivity index (χ0v) is 8.99. The maximum Gasteiger partial charge on any atom is 0.197 e. The maximum atomic E-state index is 5.51. The summed E-state index contributed by atoms with van der Waals surface area (Å²) >= 11 is 0. The van der Waals surface area contributed by atoms with Crippen LogP contribution in [0.3, 0.4) is 0 Å². The molecule has 3 heteroatoms. The Morgan fingerprint density at radius 1 is 1.57 bits per heavy atom. The number of ether oxygens (including phenoxy) is 2. The lowest BCUT2D eigenvalue weighted by Crippen LogP contribution is -2.11. The minimum absolute atomic E-state index is 0.218. The van der Waals surface area contributed by atoms with E-state index in [-0.39, 0.29) is 6.29 Å². The quantitative estimate of drug-likeness (QED) is 0.646. The summed E-state index contributed by atoms with van der Waals surface area (Å²) < 4.78 is 10.8. The highest BCUT2D eigenvalue weighted by Gasteiger charge is 2.04. The van der Waals surface area contributed by atoms with E-state index in [1.54, 1.807) is 6.20 Å². The minimum Gasteiger partial charge on any atom is -0.464 e. The third-order valence-corrected chi connectivity index (χ3v) is 1.81. The van der Waals surface area contributed by atoms with E-state index in [2.05, 4.69) is 4.99 Å². The lowest BCUT2D eigenvalue weighted by Gasteiger charge is -2.13. The predicted molar refractivity (Wildman–Crippen MR) is 57.1 cm³/mol. The molecule has 0 spiro atoms. The van der Waals surface area contributed by atoms with Gasteiger partial charge in [-0.25, -0.2) is 0 Å². The highest BCUT2D eigenvalue weighted by molar-refractivity contribution is 5.84. The number of allylic oxidation sites excluding steroid dienone is 2. The Bertz CT molecular complexity index is 266. The normalized spacial score (nSPS) is 18.2. The van der Waals surface area contributed by atoms with Crippen molar-refractivity contribution in [1.82, 2.24) is 0 Å². The summed E-state index contributed by atoms with van der Waals surface area (Å²) in [6.45, 7) is 6.47. The van der Waals surface area contributed by atoms with Crippen LogP contribution in [0.1, 0.15) is 27.2 Å². The zero-order valence-electron chi connectivity index (χ0n) is 8.99. The van der Waals surface area contributed by atoms with Crippen LogP contribution in [0.25, 0.3) is 0 Å². The summed E-state index contributed by atoms with van der Waals surface area (Å²) in [6.07, 6.45) is 6.36. The van der Waals surface area contributed by atoms with Gasteiger partial charge in [0, 0.05) is 18.7 Å². The number of aliphatic imine (C=N–C) groups is 1. The van der Waals surface area contributed by atoms with Crippen molar-refractivity contribution in [3.63, 3.8) is 0 Å². The molecule has 0 radical (unpaired) electrons. The molecule has 78 valence electrons. The molecule has 1 unspecified atom stereocenters. The summed E-state index contributed by atoms with van der Waals surface area (Å²) in [6, 6.07) is 0. The second-order valence-electron chi connectivity index (χ2n) is 3.14. The second-order valence-corrected chi connectivity index (χ2v) is 3.14. The van der Waals surface area contributed by atoms with Crippen LogP contribution in [-0.4, -0.2) is 18.6 Å². The smallest absolute Gasteiger partial charge is 0.197 e. The van der Waals surface area contributed by atoms with Gasteiger partial charge in [-0.3, -0.25) is 4.99 Å². The Hall–Kier alpha value is -1.09. The fraction of sp³-hybridized carbons (Fsp3) is 0.545. The van der Waals surface area contributed by atoms with Gasteiger partial charge in [-0.05, 0) is 26.8 Å². The maximum absolute atomic E-state index is 5.51. The Morgan fingerprint density at radius 3 is 3.07 bits per heavy atom. The van der Waals surface area contributed by atoms with Crippen molar-refractivity contribution in [2.24, 2.45) is 4.99 Å².